The third-order valence-electron chi connectivity index (χ3n) is 2.90. The molecular formula is C15H14N2O2. The number of nitriles is 1. The lowest BCUT2D eigenvalue weighted by atomic mass is 10.0. The summed E-state index contributed by atoms with van der Waals surface area (Å²) >= 11 is 0. The van der Waals surface area contributed by atoms with Crippen molar-refractivity contribution < 1.29 is 9.53 Å². The number of hydrogen-bond donors (Lipinski definition) is 1. The monoisotopic (exact) mass is 254 g/mol. The molecule has 19 heavy (non-hydrogen) atoms. The number of esters is 1. The molecule has 2 aliphatic rings. The SMILES string of the molecule is N#CCOC(=O)[C@H](N)Cc1ccc2cccccc1-2. The first kappa shape index (κ1) is 13.1. The van der Waals surface area contributed by atoms with Gasteiger partial charge < -0.3 is 10.5 Å². The van der Waals surface area contributed by atoms with E-state index >= 15 is 0 Å². The molecule has 0 radical (unpaired) electrons. The van der Waals surface area contributed by atoms with E-state index in [2.05, 4.69) is 0 Å². The van der Waals surface area contributed by atoms with Crippen LogP contribution in [0.15, 0.2) is 42.5 Å². The molecule has 0 spiro atoms. The first-order valence-corrected chi connectivity index (χ1v) is 5.98. The molecule has 0 aromatic heterocycles. The van der Waals surface area contributed by atoms with E-state index in [0.717, 1.165) is 16.7 Å². The quantitative estimate of drug-likeness (QED) is 0.843. The van der Waals surface area contributed by atoms with E-state index in [4.69, 9.17) is 15.7 Å². The molecule has 0 unspecified atom stereocenters. The predicted molar refractivity (Wildman–Crippen MR) is 71.3 cm³/mol. The van der Waals surface area contributed by atoms with Crippen molar-refractivity contribution in [2.45, 2.75) is 12.5 Å². The molecule has 2 aliphatic carbocycles. The van der Waals surface area contributed by atoms with E-state index in [9.17, 15) is 4.79 Å². The zero-order chi connectivity index (χ0) is 13.7. The summed E-state index contributed by atoms with van der Waals surface area (Å²) in [4.78, 5) is 11.5. The second-order valence-corrected chi connectivity index (χ2v) is 4.21. The highest BCUT2D eigenvalue weighted by Gasteiger charge is 2.18. The number of nitrogens with zero attached hydrogens (tertiary/aromatic N) is 1. The topological polar surface area (TPSA) is 76.1 Å². The van der Waals surface area contributed by atoms with Gasteiger partial charge in [-0.25, -0.2) is 0 Å². The zero-order valence-corrected chi connectivity index (χ0v) is 10.4. The second-order valence-electron chi connectivity index (χ2n) is 4.21. The van der Waals surface area contributed by atoms with Gasteiger partial charge in [0.15, 0.2) is 6.61 Å². The fraction of sp³-hybridized carbons (Fsp3) is 0.200. The van der Waals surface area contributed by atoms with Crippen LogP contribution in [0.25, 0.3) is 11.1 Å². The van der Waals surface area contributed by atoms with Crippen LogP contribution in [-0.2, 0) is 16.0 Å². The Balaban J connectivity index is 2.11. The maximum absolute atomic E-state index is 11.5. The van der Waals surface area contributed by atoms with Crippen LogP contribution in [0.4, 0.5) is 0 Å². The molecule has 0 saturated heterocycles. The van der Waals surface area contributed by atoms with Crippen LogP contribution in [0.2, 0.25) is 0 Å². The van der Waals surface area contributed by atoms with Crippen LogP contribution in [-0.4, -0.2) is 18.6 Å². The summed E-state index contributed by atoms with van der Waals surface area (Å²) in [5.41, 5.74) is 8.98. The summed E-state index contributed by atoms with van der Waals surface area (Å²) in [6.07, 6.45) is 0.401. The molecule has 0 amide bonds. The highest BCUT2D eigenvalue weighted by atomic mass is 16.5. The highest BCUT2D eigenvalue weighted by molar-refractivity contribution is 5.77. The van der Waals surface area contributed by atoms with Gasteiger partial charge in [-0.2, -0.15) is 5.26 Å². The molecule has 1 atom stereocenters. The van der Waals surface area contributed by atoms with Gasteiger partial charge in [-0.1, -0.05) is 42.5 Å². The molecule has 0 aromatic rings. The summed E-state index contributed by atoms with van der Waals surface area (Å²) in [6.45, 7) is -0.261. The van der Waals surface area contributed by atoms with Crippen molar-refractivity contribution in [1.29, 1.82) is 5.26 Å². The lowest BCUT2D eigenvalue weighted by Crippen LogP contribution is -2.34. The Bertz CT molecular complexity index is 589. The van der Waals surface area contributed by atoms with Gasteiger partial charge in [-0.05, 0) is 23.1 Å². The summed E-state index contributed by atoms with van der Waals surface area (Å²) in [7, 11) is 0. The lowest BCUT2D eigenvalue weighted by Gasteiger charge is -2.10. The molecule has 4 heteroatoms. The summed E-state index contributed by atoms with van der Waals surface area (Å²) in [6, 6.07) is 14.8. The van der Waals surface area contributed by atoms with E-state index in [1.807, 2.05) is 42.5 Å². The first-order chi connectivity index (χ1) is 9.22. The Hall–Kier alpha value is -2.38. The molecule has 0 fully saturated rings. The van der Waals surface area contributed by atoms with Gasteiger partial charge in [0.2, 0.25) is 0 Å². The number of rotatable bonds is 4. The minimum absolute atomic E-state index is 0.261. The molecule has 4 nitrogen and oxygen atoms in total. The fourth-order valence-corrected chi connectivity index (χ4v) is 1.99. The maximum atomic E-state index is 11.5. The Labute approximate surface area is 111 Å². The third-order valence-corrected chi connectivity index (χ3v) is 2.90. The standard InChI is InChI=1S/C15H14N2O2/c16-8-9-19-15(18)14(17)10-12-7-6-11-4-2-1-3-5-13(11)12/h1-7,14H,9-10,17H2/t14-/m1/s1. The Morgan fingerprint density at radius 3 is 2.84 bits per heavy atom. The molecule has 0 aromatic carbocycles. The van der Waals surface area contributed by atoms with Crippen molar-refractivity contribution in [3.8, 4) is 17.2 Å². The van der Waals surface area contributed by atoms with E-state index < -0.39 is 12.0 Å². The van der Waals surface area contributed by atoms with E-state index in [0.29, 0.717) is 6.42 Å². The number of fused-ring (bicyclic) bond motifs is 1. The molecule has 2 rings (SSSR count). The van der Waals surface area contributed by atoms with E-state index in [-0.39, 0.29) is 6.61 Å². The van der Waals surface area contributed by atoms with Gasteiger partial charge in [-0.15, -0.1) is 0 Å². The molecule has 2 N–H and O–H groups in total. The number of nitrogens with two attached hydrogens (primary N) is 1. The van der Waals surface area contributed by atoms with Crippen molar-refractivity contribution in [1.82, 2.24) is 0 Å². The second kappa shape index (κ2) is 5.98. The van der Waals surface area contributed by atoms with Crippen molar-refractivity contribution in [3.05, 3.63) is 48.0 Å². The van der Waals surface area contributed by atoms with E-state index in [1.165, 1.54) is 0 Å². The Morgan fingerprint density at radius 1 is 1.26 bits per heavy atom. The maximum Gasteiger partial charge on any atom is 0.324 e. The minimum atomic E-state index is -0.746. The van der Waals surface area contributed by atoms with Crippen LogP contribution in [0.5, 0.6) is 0 Å². The van der Waals surface area contributed by atoms with Crippen LogP contribution in [0.3, 0.4) is 0 Å². The number of ether oxygens (including phenoxy) is 1. The van der Waals surface area contributed by atoms with Gasteiger partial charge in [0.25, 0.3) is 0 Å². The molecular weight excluding hydrogens is 240 g/mol. The normalized spacial score (nSPS) is 11.8. The molecule has 0 bridgehead atoms. The van der Waals surface area contributed by atoms with Crippen LogP contribution >= 0.6 is 0 Å². The van der Waals surface area contributed by atoms with E-state index in [1.54, 1.807) is 6.07 Å². The molecule has 0 aliphatic heterocycles. The highest BCUT2D eigenvalue weighted by Crippen LogP contribution is 2.27. The Kier molecular flexibility index (Phi) is 4.11. The smallest absolute Gasteiger partial charge is 0.324 e. The van der Waals surface area contributed by atoms with Gasteiger partial charge in [-0.3, -0.25) is 4.79 Å². The predicted octanol–water partition coefficient (Wildman–Crippen LogP) is 1.73. The van der Waals surface area contributed by atoms with Crippen LogP contribution < -0.4 is 5.73 Å². The zero-order valence-electron chi connectivity index (χ0n) is 10.4. The molecule has 0 saturated carbocycles. The van der Waals surface area contributed by atoms with Crippen molar-refractivity contribution in [3.63, 3.8) is 0 Å². The summed E-state index contributed by atoms with van der Waals surface area (Å²) < 4.78 is 4.71. The number of carbonyl (C=O) groups excluding carboxylic acids is 1. The van der Waals surface area contributed by atoms with Crippen molar-refractivity contribution >= 4 is 5.97 Å². The van der Waals surface area contributed by atoms with Gasteiger partial charge in [0, 0.05) is 0 Å². The third kappa shape index (κ3) is 3.09. The first-order valence-electron chi connectivity index (χ1n) is 5.98. The summed E-state index contributed by atoms with van der Waals surface area (Å²) in [5.74, 6) is -0.545. The largest absolute Gasteiger partial charge is 0.449 e. The van der Waals surface area contributed by atoms with Crippen molar-refractivity contribution in [2.75, 3.05) is 6.61 Å². The van der Waals surface area contributed by atoms with Crippen LogP contribution in [0, 0.1) is 11.3 Å². The fourth-order valence-electron chi connectivity index (χ4n) is 1.99. The average molecular weight is 254 g/mol. The Morgan fingerprint density at radius 2 is 2.05 bits per heavy atom. The van der Waals surface area contributed by atoms with Crippen LogP contribution in [0.1, 0.15) is 5.56 Å². The average Bonchev–Trinajstić information content (AvgIpc) is 2.64. The van der Waals surface area contributed by atoms with Gasteiger partial charge in [0.05, 0.1) is 0 Å². The minimum Gasteiger partial charge on any atom is -0.449 e. The lowest BCUT2D eigenvalue weighted by molar-refractivity contribution is -0.143. The molecule has 96 valence electrons. The van der Waals surface area contributed by atoms with Gasteiger partial charge >= 0.3 is 5.97 Å². The molecule has 0 heterocycles. The summed E-state index contributed by atoms with van der Waals surface area (Å²) in [5, 5.41) is 8.35. The van der Waals surface area contributed by atoms with Gasteiger partial charge in [0.1, 0.15) is 12.1 Å². The number of hydrogen-bond acceptors (Lipinski definition) is 4. The number of carbonyl (C=O) groups is 1. The van der Waals surface area contributed by atoms with Crippen molar-refractivity contribution in [2.24, 2.45) is 5.73 Å².